The lowest BCUT2D eigenvalue weighted by molar-refractivity contribution is 0.387. The predicted octanol–water partition coefficient (Wildman–Crippen LogP) is 2.43. The van der Waals surface area contributed by atoms with Crippen LogP contribution in [0, 0.1) is 5.82 Å². The van der Waals surface area contributed by atoms with Crippen LogP contribution in [0.5, 0.6) is 5.88 Å². The number of ether oxygens (including phenoxy) is 1. The van der Waals surface area contributed by atoms with Crippen molar-refractivity contribution in [1.82, 2.24) is 9.97 Å². The molecule has 2 aromatic rings. The van der Waals surface area contributed by atoms with E-state index in [1.165, 1.54) is 31.6 Å². The molecule has 1 aromatic carbocycles. The molecule has 0 bridgehead atoms. The Morgan fingerprint density at radius 3 is 2.72 bits per heavy atom. The van der Waals surface area contributed by atoms with Crippen LogP contribution in [0.3, 0.4) is 0 Å². The molecule has 6 heteroatoms. The Labute approximate surface area is 112 Å². The predicted molar refractivity (Wildman–Crippen MR) is 68.7 cm³/mol. The molecule has 0 spiro atoms. The first kappa shape index (κ1) is 12.9. The summed E-state index contributed by atoms with van der Waals surface area (Å²) in [5.41, 5.74) is 7.33. The minimum absolute atomic E-state index is 0.330. The van der Waals surface area contributed by atoms with Crippen molar-refractivity contribution in [3.8, 4) is 5.88 Å². The third-order valence-corrected chi connectivity index (χ3v) is 3.16. The SMILES string of the molecule is COc1nccnc1C(N)c1ccc(F)cc1Br. The molecule has 0 amide bonds. The number of rotatable bonds is 3. The van der Waals surface area contributed by atoms with Gasteiger partial charge in [0.25, 0.3) is 0 Å². The third kappa shape index (κ3) is 2.49. The quantitative estimate of drug-likeness (QED) is 0.945. The van der Waals surface area contributed by atoms with Gasteiger partial charge in [0, 0.05) is 16.9 Å². The fourth-order valence-corrected chi connectivity index (χ4v) is 2.21. The smallest absolute Gasteiger partial charge is 0.237 e. The first-order chi connectivity index (χ1) is 8.63. The van der Waals surface area contributed by atoms with Crippen molar-refractivity contribution < 1.29 is 9.13 Å². The molecule has 0 saturated carbocycles. The van der Waals surface area contributed by atoms with Crippen LogP contribution in [0.2, 0.25) is 0 Å². The number of hydrogen-bond acceptors (Lipinski definition) is 4. The normalized spacial score (nSPS) is 12.2. The molecule has 94 valence electrons. The van der Waals surface area contributed by atoms with Gasteiger partial charge in [0.05, 0.1) is 13.2 Å². The van der Waals surface area contributed by atoms with Crippen LogP contribution in [0.4, 0.5) is 4.39 Å². The minimum Gasteiger partial charge on any atom is -0.480 e. The largest absolute Gasteiger partial charge is 0.480 e. The standard InChI is InChI=1S/C12H11BrFN3O/c1-18-12-11(16-4-5-17-12)10(15)8-3-2-7(14)6-9(8)13/h2-6,10H,15H2,1H3. The Morgan fingerprint density at radius 1 is 1.33 bits per heavy atom. The lowest BCUT2D eigenvalue weighted by Gasteiger charge is -2.15. The van der Waals surface area contributed by atoms with Crippen LogP contribution >= 0.6 is 15.9 Å². The number of methoxy groups -OCH3 is 1. The molecular formula is C12H11BrFN3O. The van der Waals surface area contributed by atoms with E-state index >= 15 is 0 Å². The van der Waals surface area contributed by atoms with Crippen molar-refractivity contribution in [3.63, 3.8) is 0 Å². The van der Waals surface area contributed by atoms with Crippen LogP contribution in [0.25, 0.3) is 0 Å². The average molecular weight is 312 g/mol. The molecule has 2 rings (SSSR count). The van der Waals surface area contributed by atoms with Crippen molar-refractivity contribution in [1.29, 1.82) is 0 Å². The van der Waals surface area contributed by atoms with E-state index in [-0.39, 0.29) is 5.82 Å². The van der Waals surface area contributed by atoms with E-state index in [9.17, 15) is 4.39 Å². The number of benzene rings is 1. The van der Waals surface area contributed by atoms with Gasteiger partial charge in [0.2, 0.25) is 5.88 Å². The van der Waals surface area contributed by atoms with Gasteiger partial charge in [-0.25, -0.2) is 9.37 Å². The highest BCUT2D eigenvalue weighted by Crippen LogP contribution is 2.29. The van der Waals surface area contributed by atoms with Crippen molar-refractivity contribution in [2.24, 2.45) is 5.73 Å². The molecule has 18 heavy (non-hydrogen) atoms. The van der Waals surface area contributed by atoms with E-state index in [0.29, 0.717) is 16.0 Å². The van der Waals surface area contributed by atoms with Crippen LogP contribution < -0.4 is 10.5 Å². The van der Waals surface area contributed by atoms with Crippen LogP contribution in [-0.2, 0) is 0 Å². The zero-order valence-electron chi connectivity index (χ0n) is 9.60. The Hall–Kier alpha value is -1.53. The van der Waals surface area contributed by atoms with Crippen molar-refractivity contribution in [2.75, 3.05) is 7.11 Å². The monoisotopic (exact) mass is 311 g/mol. The molecule has 0 radical (unpaired) electrons. The molecule has 1 aromatic heterocycles. The highest BCUT2D eigenvalue weighted by atomic mass is 79.9. The highest BCUT2D eigenvalue weighted by Gasteiger charge is 2.18. The van der Waals surface area contributed by atoms with Gasteiger partial charge in [-0.3, -0.25) is 4.98 Å². The zero-order chi connectivity index (χ0) is 13.1. The number of hydrogen-bond donors (Lipinski definition) is 1. The van der Waals surface area contributed by atoms with Gasteiger partial charge < -0.3 is 10.5 Å². The molecule has 1 unspecified atom stereocenters. The second-order valence-electron chi connectivity index (χ2n) is 3.59. The Balaban J connectivity index is 2.44. The topological polar surface area (TPSA) is 61.0 Å². The molecule has 4 nitrogen and oxygen atoms in total. The number of nitrogens with zero attached hydrogens (tertiary/aromatic N) is 2. The lowest BCUT2D eigenvalue weighted by atomic mass is 10.0. The van der Waals surface area contributed by atoms with Crippen LogP contribution in [0.1, 0.15) is 17.3 Å². The maximum Gasteiger partial charge on any atom is 0.237 e. The average Bonchev–Trinajstić information content (AvgIpc) is 2.38. The third-order valence-electron chi connectivity index (χ3n) is 2.48. The van der Waals surface area contributed by atoms with Gasteiger partial charge in [-0.15, -0.1) is 0 Å². The molecule has 1 atom stereocenters. The number of aromatic nitrogens is 2. The fourth-order valence-electron chi connectivity index (χ4n) is 1.61. The maximum atomic E-state index is 13.0. The summed E-state index contributed by atoms with van der Waals surface area (Å²) in [6.45, 7) is 0. The molecule has 0 fully saturated rings. The molecular weight excluding hydrogens is 301 g/mol. The lowest BCUT2D eigenvalue weighted by Crippen LogP contribution is -2.16. The summed E-state index contributed by atoms with van der Waals surface area (Å²) < 4.78 is 18.7. The summed E-state index contributed by atoms with van der Waals surface area (Å²) in [5.74, 6) is 0.0326. The summed E-state index contributed by atoms with van der Waals surface area (Å²) in [4.78, 5) is 8.20. The first-order valence-electron chi connectivity index (χ1n) is 5.19. The van der Waals surface area contributed by atoms with E-state index in [4.69, 9.17) is 10.5 Å². The van der Waals surface area contributed by atoms with Gasteiger partial charge in [-0.2, -0.15) is 0 Å². The Morgan fingerprint density at radius 2 is 2.06 bits per heavy atom. The van der Waals surface area contributed by atoms with E-state index in [2.05, 4.69) is 25.9 Å². The summed E-state index contributed by atoms with van der Waals surface area (Å²) in [6, 6.07) is 3.78. The van der Waals surface area contributed by atoms with E-state index < -0.39 is 6.04 Å². The van der Waals surface area contributed by atoms with Crippen LogP contribution in [0.15, 0.2) is 35.1 Å². The summed E-state index contributed by atoms with van der Waals surface area (Å²) >= 11 is 3.28. The minimum atomic E-state index is -0.538. The molecule has 1 heterocycles. The molecule has 0 aliphatic carbocycles. The molecule has 0 saturated heterocycles. The van der Waals surface area contributed by atoms with Gasteiger partial charge in [0.1, 0.15) is 11.5 Å². The van der Waals surface area contributed by atoms with Crippen molar-refractivity contribution in [2.45, 2.75) is 6.04 Å². The second kappa shape index (κ2) is 5.41. The highest BCUT2D eigenvalue weighted by molar-refractivity contribution is 9.10. The Bertz CT molecular complexity index is 565. The van der Waals surface area contributed by atoms with Crippen molar-refractivity contribution >= 4 is 15.9 Å². The zero-order valence-corrected chi connectivity index (χ0v) is 11.2. The number of nitrogens with two attached hydrogens (primary N) is 1. The van der Waals surface area contributed by atoms with E-state index in [1.54, 1.807) is 6.07 Å². The first-order valence-corrected chi connectivity index (χ1v) is 5.98. The fraction of sp³-hybridized carbons (Fsp3) is 0.167. The molecule has 2 N–H and O–H groups in total. The van der Waals surface area contributed by atoms with Gasteiger partial charge >= 0.3 is 0 Å². The van der Waals surface area contributed by atoms with Gasteiger partial charge in [-0.1, -0.05) is 22.0 Å². The van der Waals surface area contributed by atoms with Gasteiger partial charge in [0.15, 0.2) is 0 Å². The van der Waals surface area contributed by atoms with Gasteiger partial charge in [-0.05, 0) is 17.7 Å². The maximum absolute atomic E-state index is 13.0. The van der Waals surface area contributed by atoms with Crippen LogP contribution in [-0.4, -0.2) is 17.1 Å². The summed E-state index contributed by atoms with van der Waals surface area (Å²) in [6.07, 6.45) is 3.06. The molecule has 0 aliphatic rings. The van der Waals surface area contributed by atoms with E-state index in [1.807, 2.05) is 0 Å². The number of halogens is 2. The summed E-state index contributed by atoms with van der Waals surface area (Å²) in [7, 11) is 1.50. The molecule has 0 aliphatic heterocycles. The summed E-state index contributed by atoms with van der Waals surface area (Å²) in [5, 5.41) is 0. The van der Waals surface area contributed by atoms with E-state index in [0.717, 1.165) is 5.56 Å². The van der Waals surface area contributed by atoms with Crippen molar-refractivity contribution in [3.05, 3.63) is 52.1 Å². The second-order valence-corrected chi connectivity index (χ2v) is 4.45. The Kier molecular flexibility index (Phi) is 3.88.